The Kier molecular flexibility index (Phi) is 2.04. The Hall–Kier alpha value is -0.860. The van der Waals surface area contributed by atoms with Gasteiger partial charge in [-0.1, -0.05) is 19.1 Å². The topological polar surface area (TPSA) is 30.7 Å². The maximum Gasteiger partial charge on any atom is 0.0725 e. The molecule has 0 saturated carbocycles. The first-order chi connectivity index (χ1) is 4.70. The molecule has 0 N–H and O–H groups in total. The highest BCUT2D eigenvalue weighted by Crippen LogP contribution is 2.03. The van der Waals surface area contributed by atoms with Gasteiger partial charge in [-0.3, -0.25) is 4.68 Å². The monoisotopic (exact) mass is 139 g/mol. The number of nitrogens with zero attached hydrogens (tertiary/aromatic N) is 3. The minimum absolute atomic E-state index is 0.678. The third-order valence-electron chi connectivity index (χ3n) is 1.43. The van der Waals surface area contributed by atoms with Crippen molar-refractivity contribution in [2.24, 2.45) is 13.0 Å². The second-order valence-corrected chi connectivity index (χ2v) is 2.95. The van der Waals surface area contributed by atoms with Gasteiger partial charge in [0.05, 0.1) is 11.9 Å². The molecule has 0 fully saturated rings. The third kappa shape index (κ3) is 1.56. The van der Waals surface area contributed by atoms with Crippen molar-refractivity contribution in [3.8, 4) is 0 Å². The molecule has 0 atom stereocenters. The molecule has 0 amide bonds. The van der Waals surface area contributed by atoms with E-state index in [0.717, 1.165) is 6.42 Å². The largest absolute Gasteiger partial charge is 0.252 e. The lowest BCUT2D eigenvalue weighted by atomic mass is 10.1. The summed E-state index contributed by atoms with van der Waals surface area (Å²) in [5, 5.41) is 7.62. The summed E-state index contributed by atoms with van der Waals surface area (Å²) in [4.78, 5) is 0. The van der Waals surface area contributed by atoms with Gasteiger partial charge in [-0.2, -0.15) is 0 Å². The van der Waals surface area contributed by atoms with Crippen LogP contribution in [0.2, 0.25) is 0 Å². The summed E-state index contributed by atoms with van der Waals surface area (Å²) in [6.45, 7) is 4.38. The Bertz CT molecular complexity index is 202. The van der Waals surface area contributed by atoms with Gasteiger partial charge in [0.15, 0.2) is 0 Å². The van der Waals surface area contributed by atoms with Crippen molar-refractivity contribution < 1.29 is 0 Å². The molecular weight excluding hydrogens is 126 g/mol. The molecule has 1 heterocycles. The second kappa shape index (κ2) is 2.82. The van der Waals surface area contributed by atoms with Crippen LogP contribution in [0.15, 0.2) is 6.20 Å². The molecule has 0 aliphatic carbocycles. The van der Waals surface area contributed by atoms with Crippen LogP contribution in [0.4, 0.5) is 0 Å². The van der Waals surface area contributed by atoms with Gasteiger partial charge in [-0.15, -0.1) is 5.10 Å². The van der Waals surface area contributed by atoms with E-state index in [4.69, 9.17) is 0 Å². The molecule has 1 rings (SSSR count). The Labute approximate surface area is 61.1 Å². The summed E-state index contributed by atoms with van der Waals surface area (Å²) in [6.07, 6.45) is 2.88. The van der Waals surface area contributed by atoms with Crippen LogP contribution in [0.1, 0.15) is 19.5 Å². The normalized spacial score (nSPS) is 10.8. The van der Waals surface area contributed by atoms with E-state index in [1.165, 1.54) is 5.69 Å². The van der Waals surface area contributed by atoms with Crippen LogP contribution in [-0.4, -0.2) is 15.0 Å². The highest BCUT2D eigenvalue weighted by atomic mass is 15.4. The van der Waals surface area contributed by atoms with Crippen molar-refractivity contribution in [1.82, 2.24) is 15.0 Å². The first-order valence-corrected chi connectivity index (χ1v) is 3.53. The van der Waals surface area contributed by atoms with Crippen molar-refractivity contribution in [3.05, 3.63) is 11.9 Å². The van der Waals surface area contributed by atoms with Crippen molar-refractivity contribution in [2.75, 3.05) is 0 Å². The van der Waals surface area contributed by atoms with Gasteiger partial charge in [0.2, 0.25) is 0 Å². The van der Waals surface area contributed by atoms with E-state index in [-0.39, 0.29) is 0 Å². The fraction of sp³-hybridized carbons (Fsp3) is 0.714. The van der Waals surface area contributed by atoms with E-state index in [1.807, 2.05) is 17.9 Å². The van der Waals surface area contributed by atoms with Gasteiger partial charge in [-0.25, -0.2) is 0 Å². The van der Waals surface area contributed by atoms with E-state index < -0.39 is 0 Å². The number of hydrogen-bond donors (Lipinski definition) is 0. The number of aryl methyl sites for hydroxylation is 1. The molecule has 10 heavy (non-hydrogen) atoms. The molecule has 0 spiro atoms. The third-order valence-corrected chi connectivity index (χ3v) is 1.43. The standard InChI is InChI=1S/C7H13N3/c1-6(2)4-7-5-8-9-10(7)3/h5-6H,4H2,1-3H3. The number of hydrogen-bond acceptors (Lipinski definition) is 2. The first-order valence-electron chi connectivity index (χ1n) is 3.53. The van der Waals surface area contributed by atoms with Gasteiger partial charge in [0.25, 0.3) is 0 Å². The molecule has 1 aromatic heterocycles. The molecule has 0 aliphatic heterocycles. The van der Waals surface area contributed by atoms with Gasteiger partial charge in [0.1, 0.15) is 0 Å². The summed E-state index contributed by atoms with van der Waals surface area (Å²) in [5.41, 5.74) is 1.20. The smallest absolute Gasteiger partial charge is 0.0725 e. The van der Waals surface area contributed by atoms with Crippen LogP contribution in [0.5, 0.6) is 0 Å². The Morgan fingerprint density at radius 2 is 2.30 bits per heavy atom. The Morgan fingerprint density at radius 3 is 2.70 bits per heavy atom. The van der Waals surface area contributed by atoms with E-state index >= 15 is 0 Å². The highest BCUT2D eigenvalue weighted by Gasteiger charge is 2.01. The van der Waals surface area contributed by atoms with Crippen LogP contribution in [0.3, 0.4) is 0 Å². The van der Waals surface area contributed by atoms with Crippen LogP contribution in [-0.2, 0) is 13.5 Å². The average Bonchev–Trinajstić information content (AvgIpc) is 2.15. The zero-order valence-corrected chi connectivity index (χ0v) is 6.70. The van der Waals surface area contributed by atoms with Gasteiger partial charge < -0.3 is 0 Å². The second-order valence-electron chi connectivity index (χ2n) is 2.95. The molecule has 56 valence electrons. The number of rotatable bonds is 2. The predicted octanol–water partition coefficient (Wildman–Crippen LogP) is 1.01. The van der Waals surface area contributed by atoms with E-state index in [0.29, 0.717) is 5.92 Å². The lowest BCUT2D eigenvalue weighted by Gasteiger charge is -2.02. The van der Waals surface area contributed by atoms with Crippen molar-refractivity contribution in [3.63, 3.8) is 0 Å². The summed E-state index contributed by atoms with van der Waals surface area (Å²) < 4.78 is 1.82. The van der Waals surface area contributed by atoms with Crippen LogP contribution < -0.4 is 0 Å². The van der Waals surface area contributed by atoms with Crippen molar-refractivity contribution >= 4 is 0 Å². The van der Waals surface area contributed by atoms with Crippen molar-refractivity contribution in [2.45, 2.75) is 20.3 Å². The van der Waals surface area contributed by atoms with Crippen LogP contribution >= 0.6 is 0 Å². The maximum atomic E-state index is 3.84. The maximum absolute atomic E-state index is 3.84. The van der Waals surface area contributed by atoms with E-state index in [2.05, 4.69) is 24.2 Å². The minimum atomic E-state index is 0.678. The van der Waals surface area contributed by atoms with Crippen LogP contribution in [0.25, 0.3) is 0 Å². The fourth-order valence-corrected chi connectivity index (χ4v) is 0.914. The molecule has 1 aromatic rings. The molecule has 0 aromatic carbocycles. The fourth-order valence-electron chi connectivity index (χ4n) is 0.914. The molecule has 0 aliphatic rings. The van der Waals surface area contributed by atoms with E-state index in [9.17, 15) is 0 Å². The zero-order valence-electron chi connectivity index (χ0n) is 6.70. The molecule has 0 unspecified atom stereocenters. The Balaban J connectivity index is 2.65. The molecule has 0 bridgehead atoms. The molecular formula is C7H13N3. The summed E-state index contributed by atoms with van der Waals surface area (Å²) in [7, 11) is 1.92. The molecule has 0 radical (unpaired) electrons. The van der Waals surface area contributed by atoms with Gasteiger partial charge >= 0.3 is 0 Å². The lowest BCUT2D eigenvalue weighted by Crippen LogP contribution is -2.01. The van der Waals surface area contributed by atoms with Gasteiger partial charge in [-0.05, 0) is 12.3 Å². The van der Waals surface area contributed by atoms with Crippen molar-refractivity contribution in [1.29, 1.82) is 0 Å². The molecule has 3 nitrogen and oxygen atoms in total. The average molecular weight is 139 g/mol. The van der Waals surface area contributed by atoms with Crippen LogP contribution in [0, 0.1) is 5.92 Å². The number of aromatic nitrogens is 3. The Morgan fingerprint density at radius 1 is 1.60 bits per heavy atom. The first kappa shape index (κ1) is 7.25. The molecule has 3 heteroatoms. The summed E-state index contributed by atoms with van der Waals surface area (Å²) in [6, 6.07) is 0. The quantitative estimate of drug-likeness (QED) is 0.612. The zero-order chi connectivity index (χ0) is 7.56. The van der Waals surface area contributed by atoms with Gasteiger partial charge in [0, 0.05) is 7.05 Å². The summed E-state index contributed by atoms with van der Waals surface area (Å²) in [5.74, 6) is 0.678. The molecule has 0 saturated heterocycles. The van der Waals surface area contributed by atoms with E-state index in [1.54, 1.807) is 0 Å². The predicted molar refractivity (Wildman–Crippen MR) is 39.5 cm³/mol. The lowest BCUT2D eigenvalue weighted by molar-refractivity contribution is 0.590. The SMILES string of the molecule is CC(C)Cc1cnnn1C. The summed E-state index contributed by atoms with van der Waals surface area (Å²) >= 11 is 0. The minimum Gasteiger partial charge on any atom is -0.252 e. The highest BCUT2D eigenvalue weighted by molar-refractivity contribution is 4.93.